The van der Waals surface area contributed by atoms with Crippen molar-refractivity contribution in [1.29, 1.82) is 0 Å². The molecule has 0 saturated heterocycles. The number of hydrogen-bond donors (Lipinski definition) is 2. The van der Waals surface area contributed by atoms with Crippen molar-refractivity contribution in [2.24, 2.45) is 0 Å². The maximum atomic E-state index is 12.3. The highest BCUT2D eigenvalue weighted by molar-refractivity contribution is 7.89. The Bertz CT molecular complexity index is 999. The zero-order valence-electron chi connectivity index (χ0n) is 19.1. The Morgan fingerprint density at radius 3 is 2.36 bits per heavy atom. The van der Waals surface area contributed by atoms with Crippen molar-refractivity contribution in [3.63, 3.8) is 0 Å². The first kappa shape index (κ1) is 26.8. The predicted octanol–water partition coefficient (Wildman–Crippen LogP) is 3.18. The third-order valence-electron chi connectivity index (χ3n) is 4.79. The molecular weight excluding hydrogens is 468 g/mol. The van der Waals surface area contributed by atoms with Crippen molar-refractivity contribution in [3.05, 3.63) is 53.1 Å². The molecule has 0 heterocycles. The highest BCUT2D eigenvalue weighted by atomic mass is 35.5. The van der Waals surface area contributed by atoms with Crippen molar-refractivity contribution in [2.45, 2.75) is 32.7 Å². The average molecular weight is 499 g/mol. The fourth-order valence-electron chi connectivity index (χ4n) is 2.90. The summed E-state index contributed by atoms with van der Waals surface area (Å²) >= 11 is 5.86. The predicted molar refractivity (Wildman–Crippen MR) is 129 cm³/mol. The van der Waals surface area contributed by atoms with Gasteiger partial charge in [-0.15, -0.1) is 0 Å². The van der Waals surface area contributed by atoms with E-state index in [0.717, 1.165) is 5.56 Å². The van der Waals surface area contributed by atoms with Gasteiger partial charge in [0.05, 0.1) is 12.9 Å². The number of nitrogens with one attached hydrogen (secondary N) is 2. The number of carbonyl (C=O) groups excluding carboxylic acids is 1. The molecular formula is C23H31ClN2O6S. The van der Waals surface area contributed by atoms with Crippen LogP contribution in [0.15, 0.2) is 42.5 Å². The standard InChI is InChI=1S/C23H31ClN2O6S/c1-4-20(26-33(28,29)5-2)23(27)25-13-12-17-6-11-21(22(16-17)30-3)32-15-14-31-19-9-7-18(24)8-10-19/h6-11,16,20,26H,4-5,12-15H2,1-3H3,(H,25,27). The molecule has 0 radical (unpaired) electrons. The lowest BCUT2D eigenvalue weighted by Crippen LogP contribution is -2.47. The summed E-state index contributed by atoms with van der Waals surface area (Å²) in [5.41, 5.74) is 0.944. The van der Waals surface area contributed by atoms with E-state index in [9.17, 15) is 13.2 Å². The molecule has 33 heavy (non-hydrogen) atoms. The van der Waals surface area contributed by atoms with E-state index in [1.54, 1.807) is 38.3 Å². The molecule has 0 fully saturated rings. The lowest BCUT2D eigenvalue weighted by atomic mass is 10.1. The van der Waals surface area contributed by atoms with Crippen LogP contribution in [-0.4, -0.2) is 53.0 Å². The minimum atomic E-state index is -3.45. The fraction of sp³-hybridized carbons (Fsp3) is 0.435. The maximum Gasteiger partial charge on any atom is 0.238 e. The number of methoxy groups -OCH3 is 1. The van der Waals surface area contributed by atoms with Gasteiger partial charge in [0, 0.05) is 11.6 Å². The van der Waals surface area contributed by atoms with E-state index >= 15 is 0 Å². The molecule has 8 nitrogen and oxygen atoms in total. The van der Waals surface area contributed by atoms with Crippen molar-refractivity contribution in [2.75, 3.05) is 32.6 Å². The number of sulfonamides is 1. The molecule has 2 aromatic carbocycles. The van der Waals surface area contributed by atoms with Gasteiger partial charge in [-0.05, 0) is 61.7 Å². The molecule has 2 aromatic rings. The molecule has 0 aliphatic heterocycles. The second-order valence-corrected chi connectivity index (χ2v) is 9.64. The van der Waals surface area contributed by atoms with Crippen LogP contribution in [0, 0.1) is 0 Å². The molecule has 2 rings (SSSR count). The van der Waals surface area contributed by atoms with Crippen LogP contribution in [0.3, 0.4) is 0 Å². The van der Waals surface area contributed by atoms with E-state index in [4.69, 9.17) is 25.8 Å². The average Bonchev–Trinajstić information content (AvgIpc) is 2.81. The molecule has 1 unspecified atom stereocenters. The highest BCUT2D eigenvalue weighted by Crippen LogP contribution is 2.28. The minimum absolute atomic E-state index is 0.0712. The summed E-state index contributed by atoms with van der Waals surface area (Å²) < 4.78 is 42.6. The largest absolute Gasteiger partial charge is 0.493 e. The Morgan fingerprint density at radius 2 is 1.73 bits per heavy atom. The van der Waals surface area contributed by atoms with Gasteiger partial charge in [0.15, 0.2) is 11.5 Å². The summed E-state index contributed by atoms with van der Waals surface area (Å²) in [6.45, 7) is 4.34. The van der Waals surface area contributed by atoms with E-state index < -0.39 is 16.1 Å². The molecule has 0 aromatic heterocycles. The van der Waals surface area contributed by atoms with E-state index in [1.807, 2.05) is 18.2 Å². The third kappa shape index (κ3) is 9.11. The van der Waals surface area contributed by atoms with Crippen LogP contribution in [0.5, 0.6) is 17.2 Å². The van der Waals surface area contributed by atoms with Gasteiger partial charge in [-0.25, -0.2) is 13.1 Å². The van der Waals surface area contributed by atoms with E-state index in [-0.39, 0.29) is 11.7 Å². The van der Waals surface area contributed by atoms with Crippen LogP contribution in [-0.2, 0) is 21.2 Å². The molecule has 0 aliphatic carbocycles. The Kier molecular flexibility index (Phi) is 10.8. The van der Waals surface area contributed by atoms with Crippen LogP contribution in [0.1, 0.15) is 25.8 Å². The zero-order valence-corrected chi connectivity index (χ0v) is 20.7. The summed E-state index contributed by atoms with van der Waals surface area (Å²) in [6, 6.07) is 11.9. The molecule has 0 bridgehead atoms. The first-order valence-corrected chi connectivity index (χ1v) is 12.8. The number of rotatable bonds is 14. The topological polar surface area (TPSA) is 103 Å². The summed E-state index contributed by atoms with van der Waals surface area (Å²) in [5, 5.41) is 3.43. The monoisotopic (exact) mass is 498 g/mol. The summed E-state index contributed by atoms with van der Waals surface area (Å²) in [6.07, 6.45) is 0.922. The van der Waals surface area contributed by atoms with Gasteiger partial charge in [0.1, 0.15) is 25.0 Å². The lowest BCUT2D eigenvalue weighted by molar-refractivity contribution is -0.122. The number of carbonyl (C=O) groups is 1. The molecule has 2 N–H and O–H groups in total. The van der Waals surface area contributed by atoms with Crippen molar-refractivity contribution in [3.8, 4) is 17.2 Å². The molecule has 182 valence electrons. The Balaban J connectivity index is 1.82. The third-order valence-corrected chi connectivity index (χ3v) is 6.45. The van der Waals surface area contributed by atoms with Crippen molar-refractivity contribution < 1.29 is 27.4 Å². The van der Waals surface area contributed by atoms with Crippen LogP contribution < -0.4 is 24.2 Å². The van der Waals surface area contributed by atoms with Crippen molar-refractivity contribution >= 4 is 27.5 Å². The minimum Gasteiger partial charge on any atom is -0.493 e. The Labute approximate surface area is 200 Å². The second-order valence-electron chi connectivity index (χ2n) is 7.16. The van der Waals surface area contributed by atoms with E-state index in [2.05, 4.69) is 10.0 Å². The lowest BCUT2D eigenvalue weighted by Gasteiger charge is -2.16. The van der Waals surface area contributed by atoms with Crippen LogP contribution in [0.2, 0.25) is 5.02 Å². The Morgan fingerprint density at radius 1 is 1.03 bits per heavy atom. The summed E-state index contributed by atoms with van der Waals surface area (Å²) in [7, 11) is -1.89. The van der Waals surface area contributed by atoms with Gasteiger partial charge in [-0.1, -0.05) is 24.6 Å². The SMILES string of the molecule is CCC(NS(=O)(=O)CC)C(=O)NCCc1ccc(OCCOc2ccc(Cl)cc2)c(OC)c1. The van der Waals surface area contributed by atoms with Gasteiger partial charge in [-0.3, -0.25) is 4.79 Å². The summed E-state index contributed by atoms with van der Waals surface area (Å²) in [5.74, 6) is 1.46. The fourth-order valence-corrected chi connectivity index (χ4v) is 3.90. The number of amides is 1. The first-order chi connectivity index (χ1) is 15.8. The van der Waals surface area contributed by atoms with E-state index in [1.165, 1.54) is 6.92 Å². The highest BCUT2D eigenvalue weighted by Gasteiger charge is 2.21. The van der Waals surface area contributed by atoms with Gasteiger partial charge >= 0.3 is 0 Å². The summed E-state index contributed by atoms with van der Waals surface area (Å²) in [4.78, 5) is 12.3. The molecule has 0 aliphatic rings. The quantitative estimate of drug-likeness (QED) is 0.388. The van der Waals surface area contributed by atoms with Crippen LogP contribution in [0.25, 0.3) is 0 Å². The molecule has 0 spiro atoms. The van der Waals surface area contributed by atoms with Crippen LogP contribution in [0.4, 0.5) is 0 Å². The molecule has 1 amide bonds. The molecule has 10 heteroatoms. The smallest absolute Gasteiger partial charge is 0.238 e. The maximum absolute atomic E-state index is 12.3. The molecule has 0 saturated carbocycles. The molecule has 1 atom stereocenters. The van der Waals surface area contributed by atoms with Crippen LogP contribution >= 0.6 is 11.6 Å². The van der Waals surface area contributed by atoms with E-state index in [0.29, 0.717) is 54.9 Å². The first-order valence-electron chi connectivity index (χ1n) is 10.7. The normalized spacial score (nSPS) is 12.1. The van der Waals surface area contributed by atoms with Gasteiger partial charge in [0.25, 0.3) is 0 Å². The van der Waals surface area contributed by atoms with Gasteiger partial charge in [-0.2, -0.15) is 0 Å². The Hall–Kier alpha value is -2.49. The second kappa shape index (κ2) is 13.3. The zero-order chi connectivity index (χ0) is 24.3. The number of halogens is 1. The van der Waals surface area contributed by atoms with Crippen molar-refractivity contribution in [1.82, 2.24) is 10.0 Å². The number of ether oxygens (including phenoxy) is 3. The number of benzene rings is 2. The van der Waals surface area contributed by atoms with Gasteiger partial charge in [0.2, 0.25) is 15.9 Å². The number of hydrogen-bond acceptors (Lipinski definition) is 6. The van der Waals surface area contributed by atoms with Gasteiger partial charge < -0.3 is 19.5 Å².